The number of aliphatic hydroxyl groups is 1. The Balaban J connectivity index is 2.16. The van der Waals surface area contributed by atoms with Crippen LogP contribution in [0.1, 0.15) is 25.6 Å². The molecule has 4 nitrogen and oxygen atoms in total. The Bertz CT molecular complexity index is 523. The molecule has 1 unspecified atom stereocenters. The summed E-state index contributed by atoms with van der Waals surface area (Å²) in [4.78, 5) is 4.13. The second-order valence-electron chi connectivity index (χ2n) is 4.08. The Hall–Kier alpha value is -2.07. The topological polar surface area (TPSA) is 51.6 Å². The van der Waals surface area contributed by atoms with E-state index in [0.717, 1.165) is 0 Å². The van der Waals surface area contributed by atoms with Gasteiger partial charge in [0.05, 0.1) is 24.6 Å². The van der Waals surface area contributed by atoms with Gasteiger partial charge in [0.15, 0.2) is 11.5 Å². The highest BCUT2D eigenvalue weighted by Crippen LogP contribution is 2.31. The Morgan fingerprint density at radius 2 is 1.89 bits per heavy atom. The number of benzene rings is 1. The van der Waals surface area contributed by atoms with Crippen LogP contribution >= 0.6 is 0 Å². The molecule has 1 aromatic heterocycles. The van der Waals surface area contributed by atoms with Crippen molar-refractivity contribution in [2.45, 2.75) is 20.0 Å². The largest absolute Gasteiger partial charge is 0.490 e. The first-order chi connectivity index (χ1) is 9.20. The maximum atomic E-state index is 9.40. The molecule has 0 aliphatic heterocycles. The summed E-state index contributed by atoms with van der Waals surface area (Å²) in [5.74, 6) is 1.96. The predicted octanol–water partition coefficient (Wildman–Crippen LogP) is 3.33. The maximum Gasteiger partial charge on any atom is 0.169 e. The summed E-state index contributed by atoms with van der Waals surface area (Å²) < 4.78 is 11.2. The fourth-order valence-electron chi connectivity index (χ4n) is 1.64. The van der Waals surface area contributed by atoms with Crippen molar-refractivity contribution >= 4 is 0 Å². The zero-order valence-corrected chi connectivity index (χ0v) is 11.0. The van der Waals surface area contributed by atoms with E-state index in [0.29, 0.717) is 29.5 Å². The minimum atomic E-state index is -0.579. The standard InChI is InChI=1S/C15H17NO3/c1-3-18-14-6-4-5-7-15(14)19-12-8-9-13(11(2)17)16-10-12/h4-11,17H,3H2,1-2H3. The lowest BCUT2D eigenvalue weighted by Gasteiger charge is -2.11. The molecule has 2 rings (SSSR count). The Kier molecular flexibility index (Phi) is 4.36. The average Bonchev–Trinajstić information content (AvgIpc) is 2.42. The Morgan fingerprint density at radius 1 is 1.16 bits per heavy atom. The molecule has 1 N–H and O–H groups in total. The third-order valence-electron chi connectivity index (χ3n) is 2.56. The third-order valence-corrected chi connectivity index (χ3v) is 2.56. The molecule has 2 aromatic rings. The summed E-state index contributed by atoms with van der Waals surface area (Å²) in [6, 6.07) is 11.0. The number of nitrogens with zero attached hydrogens (tertiary/aromatic N) is 1. The van der Waals surface area contributed by atoms with Crippen LogP contribution in [0.4, 0.5) is 0 Å². The van der Waals surface area contributed by atoms with Crippen molar-refractivity contribution in [2.75, 3.05) is 6.61 Å². The van der Waals surface area contributed by atoms with E-state index in [1.165, 1.54) is 0 Å². The van der Waals surface area contributed by atoms with Gasteiger partial charge in [-0.05, 0) is 38.1 Å². The number of rotatable bonds is 5. The molecule has 0 saturated carbocycles. The lowest BCUT2D eigenvalue weighted by atomic mass is 10.2. The molecule has 1 aromatic carbocycles. The molecule has 19 heavy (non-hydrogen) atoms. The van der Waals surface area contributed by atoms with Crippen molar-refractivity contribution in [1.82, 2.24) is 4.98 Å². The molecule has 0 amide bonds. The predicted molar refractivity (Wildman–Crippen MR) is 72.6 cm³/mol. The van der Waals surface area contributed by atoms with Crippen LogP contribution in [-0.2, 0) is 0 Å². The van der Waals surface area contributed by atoms with Gasteiger partial charge in [0.1, 0.15) is 5.75 Å². The molecule has 1 atom stereocenters. The van der Waals surface area contributed by atoms with Crippen LogP contribution in [0.15, 0.2) is 42.6 Å². The number of ether oxygens (including phenoxy) is 2. The number of para-hydroxylation sites is 2. The van der Waals surface area contributed by atoms with Gasteiger partial charge in [-0.15, -0.1) is 0 Å². The molecule has 1 heterocycles. The van der Waals surface area contributed by atoms with E-state index in [4.69, 9.17) is 9.47 Å². The average molecular weight is 259 g/mol. The van der Waals surface area contributed by atoms with E-state index < -0.39 is 6.10 Å². The summed E-state index contributed by atoms with van der Waals surface area (Å²) in [7, 11) is 0. The summed E-state index contributed by atoms with van der Waals surface area (Å²) in [6.45, 7) is 4.18. The first-order valence-corrected chi connectivity index (χ1v) is 6.24. The van der Waals surface area contributed by atoms with Crippen LogP contribution in [0.3, 0.4) is 0 Å². The third kappa shape index (κ3) is 3.45. The minimum Gasteiger partial charge on any atom is -0.490 e. The molecular weight excluding hydrogens is 242 g/mol. The molecule has 0 radical (unpaired) electrons. The molecule has 0 aliphatic rings. The van der Waals surface area contributed by atoms with E-state index in [1.807, 2.05) is 31.2 Å². The van der Waals surface area contributed by atoms with Gasteiger partial charge in [0.2, 0.25) is 0 Å². The van der Waals surface area contributed by atoms with Gasteiger partial charge in [-0.1, -0.05) is 12.1 Å². The van der Waals surface area contributed by atoms with Crippen molar-refractivity contribution < 1.29 is 14.6 Å². The van der Waals surface area contributed by atoms with Crippen molar-refractivity contribution in [3.8, 4) is 17.2 Å². The highest BCUT2D eigenvalue weighted by Gasteiger charge is 2.06. The van der Waals surface area contributed by atoms with Gasteiger partial charge in [-0.2, -0.15) is 0 Å². The van der Waals surface area contributed by atoms with Crippen LogP contribution < -0.4 is 9.47 Å². The summed E-state index contributed by atoms with van der Waals surface area (Å²) in [6.07, 6.45) is 1.01. The lowest BCUT2D eigenvalue weighted by Crippen LogP contribution is -1.97. The van der Waals surface area contributed by atoms with E-state index in [-0.39, 0.29) is 0 Å². The number of hydrogen-bond acceptors (Lipinski definition) is 4. The second-order valence-corrected chi connectivity index (χ2v) is 4.08. The molecule has 0 spiro atoms. The summed E-state index contributed by atoms with van der Waals surface area (Å²) >= 11 is 0. The van der Waals surface area contributed by atoms with Crippen LogP contribution in [0.2, 0.25) is 0 Å². The van der Waals surface area contributed by atoms with E-state index >= 15 is 0 Å². The molecule has 0 bridgehead atoms. The van der Waals surface area contributed by atoms with Gasteiger partial charge in [-0.25, -0.2) is 0 Å². The number of hydrogen-bond donors (Lipinski definition) is 1. The highest BCUT2D eigenvalue weighted by atomic mass is 16.5. The Labute approximate surface area is 112 Å². The first kappa shape index (κ1) is 13.4. The van der Waals surface area contributed by atoms with Crippen LogP contribution in [-0.4, -0.2) is 16.7 Å². The molecule has 4 heteroatoms. The van der Waals surface area contributed by atoms with Crippen LogP contribution in [0, 0.1) is 0 Å². The smallest absolute Gasteiger partial charge is 0.169 e. The molecule has 0 saturated heterocycles. The first-order valence-electron chi connectivity index (χ1n) is 6.24. The summed E-state index contributed by atoms with van der Waals surface area (Å²) in [5.41, 5.74) is 0.616. The van der Waals surface area contributed by atoms with E-state index in [2.05, 4.69) is 4.98 Å². The number of aromatic nitrogens is 1. The van der Waals surface area contributed by atoms with Gasteiger partial charge >= 0.3 is 0 Å². The number of aliphatic hydroxyl groups excluding tert-OH is 1. The Morgan fingerprint density at radius 3 is 2.47 bits per heavy atom. The van der Waals surface area contributed by atoms with Gasteiger partial charge in [0, 0.05) is 0 Å². The fourth-order valence-corrected chi connectivity index (χ4v) is 1.64. The molecule has 100 valence electrons. The van der Waals surface area contributed by atoms with Crippen molar-refractivity contribution in [2.24, 2.45) is 0 Å². The van der Waals surface area contributed by atoms with Gasteiger partial charge in [-0.3, -0.25) is 4.98 Å². The molecule has 0 fully saturated rings. The van der Waals surface area contributed by atoms with Gasteiger partial charge in [0.25, 0.3) is 0 Å². The highest BCUT2D eigenvalue weighted by molar-refractivity contribution is 5.42. The SMILES string of the molecule is CCOc1ccccc1Oc1ccc(C(C)O)nc1. The van der Waals surface area contributed by atoms with Crippen molar-refractivity contribution in [3.05, 3.63) is 48.3 Å². The van der Waals surface area contributed by atoms with E-state index in [9.17, 15) is 5.11 Å². The van der Waals surface area contributed by atoms with Crippen molar-refractivity contribution in [1.29, 1.82) is 0 Å². The quantitative estimate of drug-likeness (QED) is 0.894. The minimum absolute atomic E-state index is 0.579. The molecule has 0 aliphatic carbocycles. The van der Waals surface area contributed by atoms with Gasteiger partial charge < -0.3 is 14.6 Å². The van der Waals surface area contributed by atoms with E-state index in [1.54, 1.807) is 25.3 Å². The number of pyridine rings is 1. The maximum absolute atomic E-state index is 9.40. The van der Waals surface area contributed by atoms with Crippen molar-refractivity contribution in [3.63, 3.8) is 0 Å². The van der Waals surface area contributed by atoms with Crippen LogP contribution in [0.25, 0.3) is 0 Å². The fraction of sp³-hybridized carbons (Fsp3) is 0.267. The second kappa shape index (κ2) is 6.20. The normalized spacial score (nSPS) is 11.9. The summed E-state index contributed by atoms with van der Waals surface area (Å²) in [5, 5.41) is 9.40. The zero-order valence-electron chi connectivity index (χ0n) is 11.0. The molecular formula is C15H17NO3. The zero-order chi connectivity index (χ0) is 13.7. The van der Waals surface area contributed by atoms with Crippen LogP contribution in [0.5, 0.6) is 17.2 Å². The monoisotopic (exact) mass is 259 g/mol. The lowest BCUT2D eigenvalue weighted by molar-refractivity contribution is 0.194.